The smallest absolute Gasteiger partial charge is 0.163 e. The number of ketones is 1. The molecule has 0 bridgehead atoms. The highest BCUT2D eigenvalue weighted by atomic mass is 16.3. The third-order valence-corrected chi connectivity index (χ3v) is 3.77. The SMILES string of the molecule is Cc1c2c(cc3cc(C(C)(C)C)oc13)CCC2=O. The highest BCUT2D eigenvalue weighted by molar-refractivity contribution is 6.05. The Morgan fingerprint density at radius 1 is 1.17 bits per heavy atom. The first-order valence-corrected chi connectivity index (χ1v) is 6.47. The summed E-state index contributed by atoms with van der Waals surface area (Å²) in [6, 6.07) is 4.24. The van der Waals surface area contributed by atoms with Crippen LogP contribution in [0.3, 0.4) is 0 Å². The van der Waals surface area contributed by atoms with Gasteiger partial charge < -0.3 is 4.42 Å². The highest BCUT2D eigenvalue weighted by Gasteiger charge is 2.26. The van der Waals surface area contributed by atoms with Crippen molar-refractivity contribution < 1.29 is 9.21 Å². The normalized spacial score (nSPS) is 15.4. The van der Waals surface area contributed by atoms with Gasteiger partial charge in [0.2, 0.25) is 0 Å². The zero-order chi connectivity index (χ0) is 13.1. The zero-order valence-electron chi connectivity index (χ0n) is 11.4. The minimum absolute atomic E-state index is 0.0000869. The van der Waals surface area contributed by atoms with E-state index in [1.807, 2.05) is 6.92 Å². The Hall–Kier alpha value is -1.57. The Bertz CT molecular complexity index is 654. The third-order valence-electron chi connectivity index (χ3n) is 3.77. The summed E-state index contributed by atoms with van der Waals surface area (Å²) < 4.78 is 5.98. The second-order valence-corrected chi connectivity index (χ2v) is 6.24. The van der Waals surface area contributed by atoms with Gasteiger partial charge in [-0.15, -0.1) is 0 Å². The second kappa shape index (κ2) is 3.47. The van der Waals surface area contributed by atoms with Crippen molar-refractivity contribution in [3.63, 3.8) is 0 Å². The molecule has 0 N–H and O–H groups in total. The minimum atomic E-state index is -0.0000869. The lowest BCUT2D eigenvalue weighted by atomic mass is 9.93. The number of Topliss-reactive ketones (excluding diaryl/α,β-unsaturated/α-hetero) is 1. The highest BCUT2D eigenvalue weighted by Crippen LogP contribution is 2.36. The summed E-state index contributed by atoms with van der Waals surface area (Å²) in [5, 5.41) is 1.13. The fourth-order valence-corrected chi connectivity index (χ4v) is 2.75. The van der Waals surface area contributed by atoms with Crippen molar-refractivity contribution in [2.45, 2.75) is 46.0 Å². The van der Waals surface area contributed by atoms with Gasteiger partial charge in [-0.1, -0.05) is 20.8 Å². The first-order valence-electron chi connectivity index (χ1n) is 6.47. The molecular weight excluding hydrogens is 224 g/mol. The van der Waals surface area contributed by atoms with E-state index < -0.39 is 0 Å². The number of carbonyl (C=O) groups is 1. The minimum Gasteiger partial charge on any atom is -0.460 e. The fourth-order valence-electron chi connectivity index (χ4n) is 2.75. The number of aryl methyl sites for hydroxylation is 2. The van der Waals surface area contributed by atoms with Gasteiger partial charge in [0.15, 0.2) is 5.78 Å². The Labute approximate surface area is 107 Å². The van der Waals surface area contributed by atoms with Gasteiger partial charge in [0.1, 0.15) is 11.3 Å². The van der Waals surface area contributed by atoms with E-state index in [2.05, 4.69) is 32.9 Å². The van der Waals surface area contributed by atoms with Crippen LogP contribution in [-0.4, -0.2) is 5.78 Å². The molecule has 94 valence electrons. The number of furan rings is 1. The van der Waals surface area contributed by atoms with Gasteiger partial charge >= 0.3 is 0 Å². The Kier molecular flexibility index (Phi) is 2.22. The van der Waals surface area contributed by atoms with Crippen LogP contribution in [0.4, 0.5) is 0 Å². The van der Waals surface area contributed by atoms with E-state index in [0.717, 1.165) is 34.3 Å². The van der Waals surface area contributed by atoms with Crippen LogP contribution in [0.2, 0.25) is 0 Å². The molecule has 2 nitrogen and oxygen atoms in total. The molecule has 1 aliphatic rings. The summed E-state index contributed by atoms with van der Waals surface area (Å²) in [6.07, 6.45) is 1.52. The molecule has 1 heterocycles. The molecule has 0 spiro atoms. The maximum Gasteiger partial charge on any atom is 0.163 e. The van der Waals surface area contributed by atoms with E-state index in [0.29, 0.717) is 6.42 Å². The van der Waals surface area contributed by atoms with Crippen molar-refractivity contribution >= 4 is 16.8 Å². The number of hydrogen-bond donors (Lipinski definition) is 0. The maximum atomic E-state index is 11.9. The average molecular weight is 242 g/mol. The van der Waals surface area contributed by atoms with Crippen LogP contribution in [0.1, 0.15) is 54.4 Å². The predicted molar refractivity (Wildman–Crippen MR) is 72.3 cm³/mol. The van der Waals surface area contributed by atoms with E-state index in [4.69, 9.17) is 4.42 Å². The van der Waals surface area contributed by atoms with E-state index >= 15 is 0 Å². The van der Waals surface area contributed by atoms with Gasteiger partial charge in [-0.2, -0.15) is 0 Å². The first-order chi connectivity index (χ1) is 8.38. The molecule has 0 atom stereocenters. The lowest BCUT2D eigenvalue weighted by Crippen LogP contribution is -2.08. The molecule has 0 aliphatic heterocycles. The van der Waals surface area contributed by atoms with Crippen molar-refractivity contribution in [3.8, 4) is 0 Å². The van der Waals surface area contributed by atoms with Gasteiger partial charge in [-0.3, -0.25) is 4.79 Å². The molecule has 0 amide bonds. The summed E-state index contributed by atoms with van der Waals surface area (Å²) in [5.74, 6) is 1.25. The zero-order valence-corrected chi connectivity index (χ0v) is 11.4. The summed E-state index contributed by atoms with van der Waals surface area (Å²) in [7, 11) is 0. The Balaban J connectivity index is 2.31. The number of carbonyl (C=O) groups excluding carboxylic acids is 1. The van der Waals surface area contributed by atoms with Gasteiger partial charge in [-0.25, -0.2) is 0 Å². The van der Waals surface area contributed by atoms with E-state index in [1.54, 1.807) is 0 Å². The monoisotopic (exact) mass is 242 g/mol. The molecule has 1 aromatic heterocycles. The Morgan fingerprint density at radius 3 is 2.56 bits per heavy atom. The molecule has 0 saturated heterocycles. The quantitative estimate of drug-likeness (QED) is 0.694. The van der Waals surface area contributed by atoms with Gasteiger partial charge in [-0.05, 0) is 31.0 Å². The van der Waals surface area contributed by atoms with Crippen molar-refractivity contribution in [2.75, 3.05) is 0 Å². The van der Waals surface area contributed by atoms with Crippen LogP contribution in [0.5, 0.6) is 0 Å². The van der Waals surface area contributed by atoms with Gasteiger partial charge in [0.25, 0.3) is 0 Å². The third kappa shape index (κ3) is 1.52. The van der Waals surface area contributed by atoms with Crippen LogP contribution >= 0.6 is 0 Å². The first kappa shape index (κ1) is 11.5. The molecule has 0 saturated carbocycles. The maximum absolute atomic E-state index is 11.9. The molecule has 1 aromatic carbocycles. The molecule has 2 aromatic rings. The summed E-state index contributed by atoms with van der Waals surface area (Å²) in [5.41, 5.74) is 3.98. The van der Waals surface area contributed by atoms with Crippen molar-refractivity contribution in [3.05, 3.63) is 34.6 Å². The predicted octanol–water partition coefficient (Wildman–Crippen LogP) is 4.17. The fraction of sp³-hybridized carbons (Fsp3) is 0.438. The van der Waals surface area contributed by atoms with Crippen molar-refractivity contribution in [1.82, 2.24) is 0 Å². The van der Waals surface area contributed by atoms with Gasteiger partial charge in [0, 0.05) is 28.3 Å². The number of rotatable bonds is 0. The molecule has 0 unspecified atom stereocenters. The van der Waals surface area contributed by atoms with Crippen LogP contribution in [0.25, 0.3) is 11.0 Å². The van der Waals surface area contributed by atoms with Crippen LogP contribution in [0, 0.1) is 6.92 Å². The summed E-state index contributed by atoms with van der Waals surface area (Å²) in [4.78, 5) is 11.9. The second-order valence-electron chi connectivity index (χ2n) is 6.24. The topological polar surface area (TPSA) is 30.2 Å². The molecule has 2 heteroatoms. The lowest BCUT2D eigenvalue weighted by molar-refractivity contribution is 0.0994. The largest absolute Gasteiger partial charge is 0.460 e. The molecule has 1 aliphatic carbocycles. The Morgan fingerprint density at radius 2 is 1.89 bits per heavy atom. The van der Waals surface area contributed by atoms with Crippen molar-refractivity contribution in [1.29, 1.82) is 0 Å². The van der Waals surface area contributed by atoms with Crippen LogP contribution < -0.4 is 0 Å². The van der Waals surface area contributed by atoms with E-state index in [-0.39, 0.29) is 11.2 Å². The molecule has 3 rings (SSSR count). The average Bonchev–Trinajstić information content (AvgIpc) is 2.83. The standard InChI is InChI=1S/C16H18O2/c1-9-14-10(5-6-12(14)17)7-11-8-13(16(2,3)4)18-15(9)11/h7-8H,5-6H2,1-4H3. The van der Waals surface area contributed by atoms with E-state index in [1.165, 1.54) is 5.56 Å². The lowest BCUT2D eigenvalue weighted by Gasteiger charge is -2.13. The molecule has 18 heavy (non-hydrogen) atoms. The summed E-state index contributed by atoms with van der Waals surface area (Å²) >= 11 is 0. The number of benzene rings is 1. The molecule has 0 radical (unpaired) electrons. The van der Waals surface area contributed by atoms with Crippen LogP contribution in [0.15, 0.2) is 16.5 Å². The summed E-state index contributed by atoms with van der Waals surface area (Å²) in [6.45, 7) is 8.41. The van der Waals surface area contributed by atoms with Crippen molar-refractivity contribution in [2.24, 2.45) is 0 Å². The molecular formula is C16H18O2. The van der Waals surface area contributed by atoms with E-state index in [9.17, 15) is 4.79 Å². The number of fused-ring (bicyclic) bond motifs is 2. The van der Waals surface area contributed by atoms with Crippen LogP contribution in [-0.2, 0) is 11.8 Å². The number of hydrogen-bond acceptors (Lipinski definition) is 2. The molecule has 0 fully saturated rings. The van der Waals surface area contributed by atoms with Gasteiger partial charge in [0.05, 0.1) is 0 Å².